The van der Waals surface area contributed by atoms with Gasteiger partial charge in [-0.05, 0) is 35.7 Å². The number of carbonyl (C=O) groups excluding carboxylic acids is 1. The molecule has 0 aliphatic rings. The zero-order valence-electron chi connectivity index (χ0n) is 8.35. The summed E-state index contributed by atoms with van der Waals surface area (Å²) in [7, 11) is 0. The number of alkyl halides is 3. The molecule has 0 aliphatic heterocycles. The Hall–Kier alpha value is -1.30. The number of hydrogen-bond acceptors (Lipinski definition) is 2. The minimum atomic E-state index is -4.94. The first-order chi connectivity index (χ1) is 7.78. The van der Waals surface area contributed by atoms with Crippen molar-refractivity contribution >= 4 is 16.8 Å². The van der Waals surface area contributed by atoms with Crippen LogP contribution >= 0.6 is 11.6 Å². The second kappa shape index (κ2) is 5.35. The van der Waals surface area contributed by atoms with E-state index >= 15 is 0 Å². The summed E-state index contributed by atoms with van der Waals surface area (Å²) in [5, 5.41) is -0.596. The standard InChI is InChI=1S/C10H7ClF4O2/c11-9(16)4-2-6-1-3-8(7(12)5-6)17-10(13,14)15/h1,3,5H,2,4H2. The van der Waals surface area contributed by atoms with Gasteiger partial charge < -0.3 is 4.74 Å². The second-order valence-corrected chi connectivity index (χ2v) is 3.59. The van der Waals surface area contributed by atoms with Gasteiger partial charge in [-0.2, -0.15) is 0 Å². The van der Waals surface area contributed by atoms with Gasteiger partial charge in [-0.25, -0.2) is 4.39 Å². The monoisotopic (exact) mass is 270 g/mol. The molecule has 17 heavy (non-hydrogen) atoms. The molecule has 0 N–H and O–H groups in total. The van der Waals surface area contributed by atoms with Crippen molar-refractivity contribution in [3.63, 3.8) is 0 Å². The van der Waals surface area contributed by atoms with Gasteiger partial charge in [0.25, 0.3) is 0 Å². The fraction of sp³-hybridized carbons (Fsp3) is 0.300. The highest BCUT2D eigenvalue weighted by Gasteiger charge is 2.32. The van der Waals surface area contributed by atoms with Crippen molar-refractivity contribution in [2.45, 2.75) is 19.2 Å². The summed E-state index contributed by atoms with van der Waals surface area (Å²) >= 11 is 5.08. The van der Waals surface area contributed by atoms with E-state index in [4.69, 9.17) is 11.6 Å². The Morgan fingerprint density at radius 2 is 2.00 bits per heavy atom. The number of ether oxygens (including phenoxy) is 1. The van der Waals surface area contributed by atoms with Crippen molar-refractivity contribution in [3.8, 4) is 5.75 Å². The van der Waals surface area contributed by atoms with Gasteiger partial charge in [0.2, 0.25) is 5.24 Å². The van der Waals surface area contributed by atoms with Crippen LogP contribution in [0.1, 0.15) is 12.0 Å². The molecule has 1 aromatic carbocycles. The smallest absolute Gasteiger partial charge is 0.403 e. The van der Waals surface area contributed by atoms with Crippen molar-refractivity contribution in [1.82, 2.24) is 0 Å². The first-order valence-corrected chi connectivity index (χ1v) is 4.88. The van der Waals surface area contributed by atoms with Crippen molar-refractivity contribution in [1.29, 1.82) is 0 Å². The molecular weight excluding hydrogens is 264 g/mol. The van der Waals surface area contributed by atoms with Crippen LogP contribution in [0.4, 0.5) is 17.6 Å². The molecule has 2 nitrogen and oxygen atoms in total. The van der Waals surface area contributed by atoms with Crippen LogP contribution in [0.3, 0.4) is 0 Å². The highest BCUT2D eigenvalue weighted by molar-refractivity contribution is 6.63. The second-order valence-electron chi connectivity index (χ2n) is 3.17. The van der Waals surface area contributed by atoms with E-state index in [9.17, 15) is 22.4 Å². The molecule has 0 unspecified atom stereocenters. The Balaban J connectivity index is 2.76. The van der Waals surface area contributed by atoms with Crippen molar-refractivity contribution in [2.24, 2.45) is 0 Å². The van der Waals surface area contributed by atoms with Crippen LogP contribution in [0.15, 0.2) is 18.2 Å². The summed E-state index contributed by atoms with van der Waals surface area (Å²) in [6, 6.07) is 2.97. The van der Waals surface area contributed by atoms with Gasteiger partial charge in [0, 0.05) is 6.42 Å². The lowest BCUT2D eigenvalue weighted by Gasteiger charge is -2.10. The number of halogens is 5. The zero-order chi connectivity index (χ0) is 13.1. The maximum atomic E-state index is 13.2. The molecule has 0 radical (unpaired) electrons. The molecule has 0 aromatic heterocycles. The van der Waals surface area contributed by atoms with Gasteiger partial charge in [0.1, 0.15) is 0 Å². The highest BCUT2D eigenvalue weighted by Crippen LogP contribution is 2.26. The first kappa shape index (κ1) is 13.8. The number of hydrogen-bond donors (Lipinski definition) is 0. The van der Waals surface area contributed by atoms with E-state index in [0.717, 1.165) is 12.1 Å². The van der Waals surface area contributed by atoms with E-state index in [1.807, 2.05) is 0 Å². The number of aryl methyl sites for hydroxylation is 1. The van der Waals surface area contributed by atoms with E-state index in [2.05, 4.69) is 4.74 Å². The van der Waals surface area contributed by atoms with Crippen molar-refractivity contribution < 1.29 is 27.1 Å². The summed E-state index contributed by atoms with van der Waals surface area (Å²) in [5.41, 5.74) is 0.367. The Morgan fingerprint density at radius 1 is 1.35 bits per heavy atom. The Kier molecular flexibility index (Phi) is 4.34. The maximum Gasteiger partial charge on any atom is 0.573 e. The molecule has 0 heterocycles. The predicted molar refractivity (Wildman–Crippen MR) is 52.3 cm³/mol. The molecule has 1 aromatic rings. The average Bonchev–Trinajstić information content (AvgIpc) is 2.17. The first-order valence-electron chi connectivity index (χ1n) is 4.50. The molecule has 0 saturated heterocycles. The topological polar surface area (TPSA) is 26.3 Å². The lowest BCUT2D eigenvalue weighted by atomic mass is 10.1. The van der Waals surface area contributed by atoms with E-state index in [1.165, 1.54) is 6.07 Å². The third kappa shape index (κ3) is 5.04. The van der Waals surface area contributed by atoms with Gasteiger partial charge in [-0.1, -0.05) is 6.07 Å². The Morgan fingerprint density at radius 3 is 2.47 bits per heavy atom. The summed E-state index contributed by atoms with van der Waals surface area (Å²) in [6.45, 7) is 0. The molecule has 0 atom stereocenters. The highest BCUT2D eigenvalue weighted by atomic mass is 35.5. The van der Waals surface area contributed by atoms with Gasteiger partial charge in [-0.3, -0.25) is 4.79 Å². The van der Waals surface area contributed by atoms with E-state index < -0.39 is 23.2 Å². The third-order valence-corrected chi connectivity index (χ3v) is 2.02. The quantitative estimate of drug-likeness (QED) is 0.619. The number of benzene rings is 1. The molecule has 0 amide bonds. The van der Waals surface area contributed by atoms with Gasteiger partial charge in [0.15, 0.2) is 11.6 Å². The van der Waals surface area contributed by atoms with Crippen LogP contribution < -0.4 is 4.74 Å². The lowest BCUT2D eigenvalue weighted by Crippen LogP contribution is -2.18. The molecule has 94 valence electrons. The van der Waals surface area contributed by atoms with Crippen molar-refractivity contribution in [3.05, 3.63) is 29.6 Å². The van der Waals surface area contributed by atoms with Gasteiger partial charge in [-0.15, -0.1) is 13.2 Å². The summed E-state index contributed by atoms with van der Waals surface area (Å²) < 4.78 is 52.1. The molecule has 0 aliphatic carbocycles. The van der Waals surface area contributed by atoms with Crippen LogP contribution in [-0.2, 0) is 11.2 Å². The lowest BCUT2D eigenvalue weighted by molar-refractivity contribution is -0.275. The fourth-order valence-corrected chi connectivity index (χ4v) is 1.24. The zero-order valence-corrected chi connectivity index (χ0v) is 9.11. The van der Waals surface area contributed by atoms with Crippen LogP contribution in [0.2, 0.25) is 0 Å². The van der Waals surface area contributed by atoms with Crippen LogP contribution in [0.5, 0.6) is 5.75 Å². The molecule has 1 rings (SSSR count). The Bertz CT molecular complexity index is 417. The minimum Gasteiger partial charge on any atom is -0.403 e. The van der Waals surface area contributed by atoms with Crippen LogP contribution in [0, 0.1) is 5.82 Å². The van der Waals surface area contributed by atoms with Gasteiger partial charge in [0.05, 0.1) is 0 Å². The normalized spacial score (nSPS) is 11.4. The molecule has 7 heteroatoms. The fourth-order valence-electron chi connectivity index (χ4n) is 1.15. The largest absolute Gasteiger partial charge is 0.573 e. The molecule has 0 spiro atoms. The van der Waals surface area contributed by atoms with Gasteiger partial charge >= 0.3 is 6.36 Å². The van der Waals surface area contributed by atoms with Crippen LogP contribution in [0.25, 0.3) is 0 Å². The molecular formula is C10H7ClF4O2. The average molecular weight is 271 g/mol. The number of rotatable bonds is 4. The third-order valence-electron chi connectivity index (χ3n) is 1.83. The SMILES string of the molecule is O=C(Cl)CCc1ccc(OC(F)(F)F)c(F)c1. The van der Waals surface area contributed by atoms with Crippen molar-refractivity contribution in [2.75, 3.05) is 0 Å². The summed E-state index contributed by atoms with van der Waals surface area (Å²) in [4.78, 5) is 10.5. The van der Waals surface area contributed by atoms with E-state index in [1.54, 1.807) is 0 Å². The van der Waals surface area contributed by atoms with E-state index in [0.29, 0.717) is 5.56 Å². The molecule has 0 fully saturated rings. The van der Waals surface area contributed by atoms with E-state index in [-0.39, 0.29) is 12.8 Å². The predicted octanol–water partition coefficient (Wildman–Crippen LogP) is 3.42. The summed E-state index contributed by atoms with van der Waals surface area (Å²) in [6.07, 6.45) is -4.79. The molecule has 0 bridgehead atoms. The molecule has 0 saturated carbocycles. The Labute approximate surface area is 99.1 Å². The maximum absolute atomic E-state index is 13.2. The van der Waals surface area contributed by atoms with Crippen LogP contribution in [-0.4, -0.2) is 11.6 Å². The number of carbonyl (C=O) groups is 1. The minimum absolute atomic E-state index is 0.0134. The summed E-state index contributed by atoms with van der Waals surface area (Å²) in [5.74, 6) is -2.04.